The average molecular weight is 404 g/mol. The first-order valence-corrected chi connectivity index (χ1v) is 9.25. The van der Waals surface area contributed by atoms with Gasteiger partial charge in [-0.1, -0.05) is 42.5 Å². The van der Waals surface area contributed by atoms with Crippen LogP contribution in [0.15, 0.2) is 84.9 Å². The summed E-state index contributed by atoms with van der Waals surface area (Å²) in [6.07, 6.45) is 2.83. The minimum absolute atomic E-state index is 0.0333. The van der Waals surface area contributed by atoms with Crippen LogP contribution in [0.3, 0.4) is 0 Å². The number of nitrogens with zero attached hydrogens (tertiary/aromatic N) is 1. The predicted molar refractivity (Wildman–Crippen MR) is 115 cm³/mol. The number of amides is 1. The Labute approximate surface area is 173 Å². The molecule has 152 valence electrons. The second-order valence-electron chi connectivity index (χ2n) is 6.18. The minimum atomic E-state index is -0.480. The van der Waals surface area contributed by atoms with Gasteiger partial charge < -0.3 is 14.8 Å². The van der Waals surface area contributed by atoms with Gasteiger partial charge in [0.2, 0.25) is 5.91 Å². The molecule has 3 rings (SSSR count). The Kier molecular flexibility index (Phi) is 7.16. The Hall–Kier alpha value is -4.13. The third-order valence-electron chi connectivity index (χ3n) is 4.01. The van der Waals surface area contributed by atoms with E-state index in [0.29, 0.717) is 30.2 Å². The summed E-state index contributed by atoms with van der Waals surface area (Å²) in [7, 11) is 0. The Morgan fingerprint density at radius 3 is 2.47 bits per heavy atom. The second-order valence-corrected chi connectivity index (χ2v) is 6.18. The molecule has 7 heteroatoms. The van der Waals surface area contributed by atoms with E-state index in [1.54, 1.807) is 30.3 Å². The van der Waals surface area contributed by atoms with Gasteiger partial charge in [-0.2, -0.15) is 0 Å². The fraction of sp³-hybridized carbons (Fsp3) is 0.0870. The van der Waals surface area contributed by atoms with Crippen LogP contribution in [0.5, 0.6) is 11.5 Å². The van der Waals surface area contributed by atoms with E-state index in [-0.39, 0.29) is 11.6 Å². The molecular weight excluding hydrogens is 384 g/mol. The number of carbonyl (C=O) groups excluding carboxylic acids is 1. The summed E-state index contributed by atoms with van der Waals surface area (Å²) in [6, 6.07) is 22.5. The average Bonchev–Trinajstić information content (AvgIpc) is 2.77. The highest BCUT2D eigenvalue weighted by molar-refractivity contribution is 6.02. The van der Waals surface area contributed by atoms with Crippen LogP contribution < -0.4 is 14.8 Å². The van der Waals surface area contributed by atoms with E-state index in [4.69, 9.17) is 9.47 Å². The van der Waals surface area contributed by atoms with Gasteiger partial charge in [-0.05, 0) is 35.9 Å². The molecule has 7 nitrogen and oxygen atoms in total. The van der Waals surface area contributed by atoms with Gasteiger partial charge in [0.25, 0.3) is 5.69 Å². The largest absolute Gasteiger partial charge is 0.490 e. The lowest BCUT2D eigenvalue weighted by atomic mass is 10.2. The number of benzene rings is 3. The molecule has 1 N–H and O–H groups in total. The molecule has 0 saturated carbocycles. The van der Waals surface area contributed by atoms with Crippen LogP contribution >= 0.6 is 0 Å². The van der Waals surface area contributed by atoms with Gasteiger partial charge in [-0.3, -0.25) is 14.9 Å². The first-order valence-electron chi connectivity index (χ1n) is 9.25. The van der Waals surface area contributed by atoms with Crippen molar-refractivity contribution >= 4 is 23.4 Å². The van der Waals surface area contributed by atoms with Crippen LogP contribution in [0.25, 0.3) is 6.08 Å². The number of rotatable bonds is 9. The first kappa shape index (κ1) is 20.6. The lowest BCUT2D eigenvalue weighted by molar-refractivity contribution is -0.384. The lowest BCUT2D eigenvalue weighted by Crippen LogP contribution is -2.12. The summed E-state index contributed by atoms with van der Waals surface area (Å²) in [4.78, 5) is 22.6. The fourth-order valence-corrected chi connectivity index (χ4v) is 2.61. The van der Waals surface area contributed by atoms with Crippen LogP contribution in [0, 0.1) is 10.1 Å². The van der Waals surface area contributed by atoms with Crippen molar-refractivity contribution in [3.63, 3.8) is 0 Å². The Bertz CT molecular complexity index is 1030. The van der Waals surface area contributed by atoms with Crippen molar-refractivity contribution < 1.29 is 19.2 Å². The highest BCUT2D eigenvalue weighted by Gasteiger charge is 2.07. The number of anilines is 1. The van der Waals surface area contributed by atoms with E-state index < -0.39 is 4.92 Å². The smallest absolute Gasteiger partial charge is 0.270 e. The number of non-ortho nitro benzene ring substituents is 1. The number of nitro groups is 1. The Morgan fingerprint density at radius 2 is 1.67 bits per heavy atom. The van der Waals surface area contributed by atoms with Crippen LogP contribution in [0.1, 0.15) is 5.56 Å². The summed E-state index contributed by atoms with van der Waals surface area (Å²) in [5.74, 6) is 0.901. The molecule has 0 saturated heterocycles. The van der Waals surface area contributed by atoms with Crippen LogP contribution in [0.4, 0.5) is 11.4 Å². The molecule has 0 heterocycles. The van der Waals surface area contributed by atoms with Gasteiger partial charge in [0.05, 0.1) is 10.6 Å². The molecule has 30 heavy (non-hydrogen) atoms. The van der Waals surface area contributed by atoms with Gasteiger partial charge in [-0.15, -0.1) is 0 Å². The van der Waals surface area contributed by atoms with Crippen molar-refractivity contribution in [3.05, 3.63) is 101 Å². The van der Waals surface area contributed by atoms with E-state index >= 15 is 0 Å². The van der Waals surface area contributed by atoms with Gasteiger partial charge in [0.1, 0.15) is 24.7 Å². The zero-order chi connectivity index (χ0) is 21.2. The van der Waals surface area contributed by atoms with Crippen molar-refractivity contribution in [2.45, 2.75) is 0 Å². The van der Waals surface area contributed by atoms with Crippen molar-refractivity contribution in [1.29, 1.82) is 0 Å². The number of hydrogen-bond donors (Lipinski definition) is 1. The molecule has 1 amide bonds. The number of nitrogens with one attached hydrogen (secondary N) is 1. The van der Waals surface area contributed by atoms with Crippen molar-refractivity contribution in [1.82, 2.24) is 0 Å². The zero-order valence-electron chi connectivity index (χ0n) is 16.1. The van der Waals surface area contributed by atoms with Crippen molar-refractivity contribution in [2.75, 3.05) is 18.5 Å². The molecule has 0 aromatic heterocycles. The molecular formula is C23H20N2O5. The molecule has 0 atom stereocenters. The number of carbonyl (C=O) groups is 1. The molecule has 3 aromatic rings. The zero-order valence-corrected chi connectivity index (χ0v) is 16.1. The predicted octanol–water partition coefficient (Wildman–Crippen LogP) is 4.70. The van der Waals surface area contributed by atoms with E-state index in [1.165, 1.54) is 24.3 Å². The summed E-state index contributed by atoms with van der Waals surface area (Å²) in [5, 5.41) is 13.6. The number of hydrogen-bond acceptors (Lipinski definition) is 5. The third-order valence-corrected chi connectivity index (χ3v) is 4.01. The molecule has 0 aliphatic carbocycles. The van der Waals surface area contributed by atoms with E-state index in [2.05, 4.69) is 5.32 Å². The topological polar surface area (TPSA) is 90.7 Å². The molecule has 0 aliphatic rings. The third kappa shape index (κ3) is 6.20. The minimum Gasteiger partial charge on any atom is -0.490 e. The van der Waals surface area contributed by atoms with Gasteiger partial charge in [-0.25, -0.2) is 0 Å². The molecule has 0 spiro atoms. The monoisotopic (exact) mass is 404 g/mol. The Balaban J connectivity index is 1.55. The lowest BCUT2D eigenvalue weighted by Gasteiger charge is -2.12. The maximum absolute atomic E-state index is 12.3. The van der Waals surface area contributed by atoms with Crippen LogP contribution in [-0.4, -0.2) is 24.0 Å². The SMILES string of the molecule is O=C(/C=C/c1cccc([N+](=O)[O-])c1)Nc1ccccc1OCCOc1ccccc1. The summed E-state index contributed by atoms with van der Waals surface area (Å²) >= 11 is 0. The van der Waals surface area contributed by atoms with Crippen LogP contribution in [0.2, 0.25) is 0 Å². The first-order chi connectivity index (χ1) is 14.6. The molecule has 0 radical (unpaired) electrons. The fourth-order valence-electron chi connectivity index (χ4n) is 2.61. The second kappa shape index (κ2) is 10.4. The van der Waals surface area contributed by atoms with E-state index in [9.17, 15) is 14.9 Å². The van der Waals surface area contributed by atoms with Crippen molar-refractivity contribution in [2.24, 2.45) is 0 Å². The number of nitro benzene ring substituents is 1. The highest BCUT2D eigenvalue weighted by atomic mass is 16.6. The quantitative estimate of drug-likeness (QED) is 0.241. The van der Waals surface area contributed by atoms with Crippen molar-refractivity contribution in [3.8, 4) is 11.5 Å². The van der Waals surface area contributed by atoms with E-state index in [1.807, 2.05) is 36.4 Å². The molecule has 0 fully saturated rings. The number of ether oxygens (including phenoxy) is 2. The molecule has 0 aliphatic heterocycles. The molecule has 0 unspecified atom stereocenters. The molecule has 0 bridgehead atoms. The summed E-state index contributed by atoms with van der Waals surface area (Å²) in [6.45, 7) is 0.671. The molecule has 3 aromatic carbocycles. The van der Waals surface area contributed by atoms with Gasteiger partial charge in [0, 0.05) is 18.2 Å². The maximum atomic E-state index is 12.3. The highest BCUT2D eigenvalue weighted by Crippen LogP contribution is 2.24. The normalized spacial score (nSPS) is 10.5. The Morgan fingerprint density at radius 1 is 0.933 bits per heavy atom. The summed E-state index contributed by atoms with van der Waals surface area (Å²) in [5.41, 5.74) is 1.04. The standard InChI is InChI=1S/C23H20N2O5/c26-23(14-13-18-7-6-8-19(17-18)25(27)28)24-21-11-4-5-12-22(21)30-16-15-29-20-9-2-1-3-10-20/h1-14,17H,15-16H2,(H,24,26)/b14-13+. The van der Waals surface area contributed by atoms with Gasteiger partial charge >= 0.3 is 0 Å². The van der Waals surface area contributed by atoms with Crippen LogP contribution in [-0.2, 0) is 4.79 Å². The summed E-state index contributed by atoms with van der Waals surface area (Å²) < 4.78 is 11.3. The van der Waals surface area contributed by atoms with E-state index in [0.717, 1.165) is 5.75 Å². The van der Waals surface area contributed by atoms with Gasteiger partial charge in [0.15, 0.2) is 0 Å². The number of para-hydroxylation sites is 3. The maximum Gasteiger partial charge on any atom is 0.270 e.